The van der Waals surface area contributed by atoms with Gasteiger partial charge in [-0.3, -0.25) is 9.52 Å². The number of carbonyl (C=O) groups is 1. The number of piperidine rings is 1. The number of esters is 1. The van der Waals surface area contributed by atoms with Crippen molar-refractivity contribution in [3.63, 3.8) is 0 Å². The summed E-state index contributed by atoms with van der Waals surface area (Å²) in [6.45, 7) is 7.18. The fourth-order valence-electron chi connectivity index (χ4n) is 5.73. The maximum Gasteiger partial charge on any atom is 0.311 e. The predicted octanol–water partition coefficient (Wildman–Crippen LogP) is 6.63. The minimum atomic E-state index is -4.13. The molecule has 2 heterocycles. The maximum atomic E-state index is 15.1. The Balaban J connectivity index is 1.25. The molecule has 1 saturated heterocycles. The second-order valence-corrected chi connectivity index (χ2v) is 14.7. The lowest BCUT2D eigenvalue weighted by molar-refractivity contribution is -0.158. The van der Waals surface area contributed by atoms with Gasteiger partial charge < -0.3 is 15.4 Å². The van der Waals surface area contributed by atoms with Crippen molar-refractivity contribution in [1.29, 1.82) is 0 Å². The van der Waals surface area contributed by atoms with Crippen molar-refractivity contribution in [1.82, 2.24) is 15.3 Å². The molecule has 3 N–H and O–H groups in total. The van der Waals surface area contributed by atoms with Crippen LogP contribution in [0.5, 0.6) is 0 Å². The quantitative estimate of drug-likeness (QED) is 0.190. The second-order valence-electron chi connectivity index (χ2n) is 12.6. The summed E-state index contributed by atoms with van der Waals surface area (Å²) < 4.78 is 50.8. The molecule has 0 bridgehead atoms. The van der Waals surface area contributed by atoms with Crippen LogP contribution in [0.4, 0.5) is 16.0 Å². The lowest BCUT2D eigenvalue weighted by atomic mass is 9.97. The van der Waals surface area contributed by atoms with Crippen molar-refractivity contribution in [2.45, 2.75) is 63.5 Å². The van der Waals surface area contributed by atoms with Gasteiger partial charge in [0.15, 0.2) is 0 Å². The van der Waals surface area contributed by atoms with Crippen molar-refractivity contribution < 1.29 is 22.3 Å². The molecule has 236 valence electrons. The van der Waals surface area contributed by atoms with Crippen molar-refractivity contribution >= 4 is 50.1 Å². The van der Waals surface area contributed by atoms with E-state index in [0.29, 0.717) is 47.0 Å². The maximum absolute atomic E-state index is 15.1. The number of benzene rings is 3. The van der Waals surface area contributed by atoms with Gasteiger partial charge in [0.1, 0.15) is 11.9 Å². The zero-order valence-corrected chi connectivity index (χ0v) is 26.9. The van der Waals surface area contributed by atoms with E-state index >= 15 is 4.39 Å². The van der Waals surface area contributed by atoms with Gasteiger partial charge in [-0.05, 0) is 119 Å². The highest BCUT2D eigenvalue weighted by Crippen LogP contribution is 2.41. The molecular weight excluding hydrogens is 617 g/mol. The van der Waals surface area contributed by atoms with E-state index in [-0.39, 0.29) is 27.1 Å². The summed E-state index contributed by atoms with van der Waals surface area (Å²) in [5.41, 5.74) is 2.09. The van der Waals surface area contributed by atoms with E-state index in [1.165, 1.54) is 24.3 Å². The number of hydrogen-bond donors (Lipinski definition) is 3. The molecule has 45 heavy (non-hydrogen) atoms. The number of aromatic nitrogens is 2. The SMILES string of the molecule is CC(C)(C)C(=O)O[C@@H]1CCc2c1cc(Cl)cc2S(=O)(=O)Nc1ccc(F)c(-c2ccc3nc(NC4CCNCC4)ncc3c2)c1. The number of anilines is 2. The van der Waals surface area contributed by atoms with Gasteiger partial charge in [-0.15, -0.1) is 0 Å². The summed E-state index contributed by atoms with van der Waals surface area (Å²) in [5.74, 6) is -0.332. The molecule has 0 spiro atoms. The minimum absolute atomic E-state index is 0.00180. The summed E-state index contributed by atoms with van der Waals surface area (Å²) >= 11 is 6.36. The summed E-state index contributed by atoms with van der Waals surface area (Å²) in [7, 11) is -4.13. The van der Waals surface area contributed by atoms with Crippen LogP contribution in [0.25, 0.3) is 22.0 Å². The highest BCUT2D eigenvalue weighted by atomic mass is 35.5. The van der Waals surface area contributed by atoms with Crippen LogP contribution in [0.15, 0.2) is 59.6 Å². The Labute approximate surface area is 267 Å². The highest BCUT2D eigenvalue weighted by molar-refractivity contribution is 7.92. The van der Waals surface area contributed by atoms with Crippen molar-refractivity contribution in [2.24, 2.45) is 5.41 Å². The van der Waals surface area contributed by atoms with Crippen LogP contribution in [0.1, 0.15) is 57.3 Å². The molecule has 6 rings (SSSR count). The average Bonchev–Trinajstić information content (AvgIpc) is 3.39. The van der Waals surface area contributed by atoms with Gasteiger partial charge in [-0.1, -0.05) is 17.7 Å². The van der Waals surface area contributed by atoms with Crippen molar-refractivity contribution in [2.75, 3.05) is 23.1 Å². The standard InChI is InChI=1S/C33H35ClFN5O4S/c1-33(2,3)31(41)44-29-9-6-24-26(29)15-21(34)16-30(24)45(42,43)40-23-5-7-27(35)25(17-23)19-4-8-28-20(14-19)18-37-32(39-28)38-22-10-12-36-13-11-22/h4-5,7-8,14-18,22,29,36,40H,6,9-13H2,1-3H3,(H,37,38,39)/t29-/m1/s1. The fourth-order valence-corrected chi connectivity index (χ4v) is 7.39. The van der Waals surface area contributed by atoms with E-state index in [4.69, 9.17) is 16.3 Å². The van der Waals surface area contributed by atoms with E-state index < -0.39 is 27.4 Å². The fraction of sp³-hybridized carbons (Fsp3) is 0.364. The van der Waals surface area contributed by atoms with E-state index in [1.807, 2.05) is 0 Å². The first-order valence-electron chi connectivity index (χ1n) is 15.0. The molecule has 12 heteroatoms. The summed E-state index contributed by atoms with van der Waals surface area (Å²) in [6.07, 6.45) is 3.94. The Bertz CT molecular complexity index is 1890. The van der Waals surface area contributed by atoms with Gasteiger partial charge in [0, 0.05) is 33.9 Å². The molecular formula is C33H35ClFN5O4S. The van der Waals surface area contributed by atoms with Gasteiger partial charge in [0.25, 0.3) is 10.0 Å². The number of nitrogens with one attached hydrogen (secondary N) is 3. The third-order valence-corrected chi connectivity index (χ3v) is 9.81. The lowest BCUT2D eigenvalue weighted by Crippen LogP contribution is -2.35. The monoisotopic (exact) mass is 651 g/mol. The number of nitrogens with zero attached hydrogens (tertiary/aromatic N) is 2. The molecule has 3 aromatic carbocycles. The first-order valence-corrected chi connectivity index (χ1v) is 16.8. The molecule has 1 aromatic heterocycles. The Morgan fingerprint density at radius 1 is 1.07 bits per heavy atom. The minimum Gasteiger partial charge on any atom is -0.457 e. The van der Waals surface area contributed by atoms with Crippen LogP contribution >= 0.6 is 11.6 Å². The number of fused-ring (bicyclic) bond motifs is 2. The summed E-state index contributed by atoms with van der Waals surface area (Å²) in [4.78, 5) is 21.6. The number of hydrogen-bond acceptors (Lipinski definition) is 8. The smallest absolute Gasteiger partial charge is 0.311 e. The van der Waals surface area contributed by atoms with Crippen LogP contribution in [0, 0.1) is 11.2 Å². The average molecular weight is 652 g/mol. The lowest BCUT2D eigenvalue weighted by Gasteiger charge is -2.23. The zero-order valence-electron chi connectivity index (χ0n) is 25.3. The first kappa shape index (κ1) is 31.2. The molecule has 0 unspecified atom stereocenters. The van der Waals surface area contributed by atoms with Gasteiger partial charge in [-0.2, -0.15) is 0 Å². The van der Waals surface area contributed by atoms with Gasteiger partial charge in [0.05, 0.1) is 15.8 Å². The van der Waals surface area contributed by atoms with Crippen LogP contribution in [-0.4, -0.2) is 43.5 Å². The summed E-state index contributed by atoms with van der Waals surface area (Å²) in [5, 5.41) is 7.66. The Morgan fingerprint density at radius 2 is 1.84 bits per heavy atom. The van der Waals surface area contributed by atoms with Crippen molar-refractivity contribution in [3.05, 3.63) is 76.7 Å². The Hall–Kier alpha value is -3.80. The van der Waals surface area contributed by atoms with Crippen molar-refractivity contribution in [3.8, 4) is 11.1 Å². The molecule has 1 fully saturated rings. The molecule has 1 atom stereocenters. The molecule has 0 amide bonds. The topological polar surface area (TPSA) is 122 Å². The van der Waals surface area contributed by atoms with Crippen LogP contribution in [-0.2, 0) is 26.0 Å². The zero-order chi connectivity index (χ0) is 31.9. The third-order valence-electron chi connectivity index (χ3n) is 8.14. The van der Waals surface area contributed by atoms with E-state index in [1.54, 1.807) is 51.2 Å². The molecule has 1 aliphatic heterocycles. The first-order chi connectivity index (χ1) is 21.4. The molecule has 2 aliphatic rings. The van der Waals surface area contributed by atoms with Gasteiger partial charge >= 0.3 is 5.97 Å². The second kappa shape index (κ2) is 12.2. The molecule has 0 radical (unpaired) electrons. The highest BCUT2D eigenvalue weighted by Gasteiger charge is 2.35. The van der Waals surface area contributed by atoms with Gasteiger partial charge in [0.2, 0.25) is 5.95 Å². The Kier molecular flexibility index (Phi) is 8.45. The van der Waals surface area contributed by atoms with E-state index in [9.17, 15) is 13.2 Å². The molecule has 4 aromatic rings. The van der Waals surface area contributed by atoms with Gasteiger partial charge in [-0.25, -0.2) is 22.8 Å². The normalized spacial score (nSPS) is 17.2. The third kappa shape index (κ3) is 6.75. The van der Waals surface area contributed by atoms with Crippen LogP contribution in [0.3, 0.4) is 0 Å². The molecule has 1 aliphatic carbocycles. The largest absolute Gasteiger partial charge is 0.457 e. The number of rotatable bonds is 7. The summed E-state index contributed by atoms with van der Waals surface area (Å²) in [6, 6.07) is 12.7. The number of sulfonamides is 1. The van der Waals surface area contributed by atoms with Crippen LogP contribution in [0.2, 0.25) is 5.02 Å². The van der Waals surface area contributed by atoms with E-state index in [0.717, 1.165) is 31.3 Å². The number of carbonyl (C=O) groups excluding carboxylic acids is 1. The Morgan fingerprint density at radius 3 is 2.60 bits per heavy atom. The predicted molar refractivity (Wildman–Crippen MR) is 173 cm³/mol. The molecule has 0 saturated carbocycles. The number of ether oxygens (including phenoxy) is 1. The molecule has 9 nitrogen and oxygen atoms in total. The van der Waals surface area contributed by atoms with Crippen LogP contribution < -0.4 is 15.4 Å². The number of halogens is 2. The van der Waals surface area contributed by atoms with E-state index in [2.05, 4.69) is 25.3 Å².